The summed E-state index contributed by atoms with van der Waals surface area (Å²) in [6.07, 6.45) is 2.97. The third-order valence-corrected chi connectivity index (χ3v) is 4.30. The van der Waals surface area contributed by atoms with Gasteiger partial charge in [0.2, 0.25) is 0 Å². The number of furan rings is 1. The molecule has 6 nitrogen and oxygen atoms in total. The number of amides is 2. The van der Waals surface area contributed by atoms with Crippen LogP contribution in [0.25, 0.3) is 6.08 Å². The SMILES string of the molecule is COc1ccc(C=C(NC(=O)c2ccco2)C(=O)Nc2ccc(Br)cc2)cc1. The van der Waals surface area contributed by atoms with Crippen molar-refractivity contribution in [3.8, 4) is 5.75 Å². The molecule has 0 atom stereocenters. The van der Waals surface area contributed by atoms with E-state index in [1.807, 2.05) is 12.1 Å². The molecular formula is C21H17BrN2O4. The highest BCUT2D eigenvalue weighted by Gasteiger charge is 2.16. The molecule has 0 bridgehead atoms. The minimum atomic E-state index is -0.518. The molecule has 28 heavy (non-hydrogen) atoms. The topological polar surface area (TPSA) is 80.6 Å². The highest BCUT2D eigenvalue weighted by molar-refractivity contribution is 9.10. The molecule has 0 aliphatic rings. The van der Waals surface area contributed by atoms with Crippen molar-refractivity contribution in [1.29, 1.82) is 0 Å². The van der Waals surface area contributed by atoms with Crippen LogP contribution in [0.2, 0.25) is 0 Å². The summed E-state index contributed by atoms with van der Waals surface area (Å²) in [5.41, 5.74) is 1.40. The van der Waals surface area contributed by atoms with E-state index in [4.69, 9.17) is 9.15 Å². The largest absolute Gasteiger partial charge is 0.497 e. The van der Waals surface area contributed by atoms with Crippen molar-refractivity contribution >= 4 is 39.5 Å². The van der Waals surface area contributed by atoms with E-state index in [0.29, 0.717) is 11.4 Å². The first kappa shape index (κ1) is 19.4. The van der Waals surface area contributed by atoms with Crippen molar-refractivity contribution in [2.24, 2.45) is 0 Å². The average Bonchev–Trinajstić information content (AvgIpc) is 3.25. The number of rotatable bonds is 6. The lowest BCUT2D eigenvalue weighted by atomic mass is 10.1. The summed E-state index contributed by atoms with van der Waals surface area (Å²) in [4.78, 5) is 25.1. The van der Waals surface area contributed by atoms with Gasteiger partial charge in [0.15, 0.2) is 5.76 Å². The van der Waals surface area contributed by atoms with Gasteiger partial charge >= 0.3 is 0 Å². The summed E-state index contributed by atoms with van der Waals surface area (Å²) in [5.74, 6) is -0.177. The summed E-state index contributed by atoms with van der Waals surface area (Å²) >= 11 is 3.35. The number of anilines is 1. The molecule has 0 unspecified atom stereocenters. The van der Waals surface area contributed by atoms with Gasteiger partial charge in [0.05, 0.1) is 13.4 Å². The molecule has 0 aliphatic carbocycles. The highest BCUT2D eigenvalue weighted by Crippen LogP contribution is 2.17. The second-order valence-corrected chi connectivity index (χ2v) is 6.64. The van der Waals surface area contributed by atoms with Crippen LogP contribution >= 0.6 is 15.9 Å². The molecule has 0 radical (unpaired) electrons. The van der Waals surface area contributed by atoms with Crippen LogP contribution in [0.15, 0.2) is 81.5 Å². The molecule has 0 saturated carbocycles. The predicted molar refractivity (Wildman–Crippen MR) is 110 cm³/mol. The lowest BCUT2D eigenvalue weighted by Gasteiger charge is -2.11. The minimum absolute atomic E-state index is 0.0782. The Labute approximate surface area is 170 Å². The normalized spacial score (nSPS) is 11.0. The second kappa shape index (κ2) is 9.05. The van der Waals surface area contributed by atoms with E-state index in [2.05, 4.69) is 26.6 Å². The number of carbonyl (C=O) groups is 2. The number of ether oxygens (including phenoxy) is 1. The maximum atomic E-state index is 12.8. The maximum Gasteiger partial charge on any atom is 0.291 e. The van der Waals surface area contributed by atoms with E-state index in [1.54, 1.807) is 55.7 Å². The van der Waals surface area contributed by atoms with Crippen molar-refractivity contribution in [2.75, 3.05) is 12.4 Å². The first-order chi connectivity index (χ1) is 13.5. The predicted octanol–water partition coefficient (Wildman–Crippen LogP) is 4.46. The van der Waals surface area contributed by atoms with Gasteiger partial charge in [0.25, 0.3) is 11.8 Å². The van der Waals surface area contributed by atoms with Crippen LogP contribution in [-0.2, 0) is 4.79 Å². The van der Waals surface area contributed by atoms with Crippen molar-refractivity contribution in [2.45, 2.75) is 0 Å². The third kappa shape index (κ3) is 5.11. The van der Waals surface area contributed by atoms with Gasteiger partial charge < -0.3 is 19.8 Å². The number of nitrogens with one attached hydrogen (secondary N) is 2. The van der Waals surface area contributed by atoms with Gasteiger partial charge in [0.1, 0.15) is 11.4 Å². The molecule has 3 aromatic rings. The van der Waals surface area contributed by atoms with Crippen LogP contribution in [0, 0.1) is 0 Å². The number of hydrogen-bond donors (Lipinski definition) is 2. The van der Waals surface area contributed by atoms with Gasteiger partial charge in [-0.3, -0.25) is 9.59 Å². The summed E-state index contributed by atoms with van der Waals surface area (Å²) in [7, 11) is 1.57. The minimum Gasteiger partial charge on any atom is -0.497 e. The molecule has 2 N–H and O–H groups in total. The summed E-state index contributed by atoms with van der Waals surface area (Å²) in [6, 6.07) is 17.3. The molecule has 0 saturated heterocycles. The van der Waals surface area contributed by atoms with Gasteiger partial charge in [0, 0.05) is 10.2 Å². The Bertz CT molecular complexity index is 978. The van der Waals surface area contributed by atoms with Gasteiger partial charge in [-0.2, -0.15) is 0 Å². The zero-order chi connectivity index (χ0) is 19.9. The summed E-state index contributed by atoms with van der Waals surface area (Å²) in [5, 5.41) is 5.37. The van der Waals surface area contributed by atoms with E-state index in [1.165, 1.54) is 12.3 Å². The maximum absolute atomic E-state index is 12.8. The Hall–Kier alpha value is -3.32. The van der Waals surface area contributed by atoms with Crippen molar-refractivity contribution in [3.05, 3.63) is 88.4 Å². The van der Waals surface area contributed by atoms with Gasteiger partial charge in [-0.15, -0.1) is 0 Å². The Morgan fingerprint density at radius 1 is 1.04 bits per heavy atom. The molecule has 1 aromatic heterocycles. The van der Waals surface area contributed by atoms with Crippen molar-refractivity contribution in [1.82, 2.24) is 5.32 Å². The van der Waals surface area contributed by atoms with Crippen molar-refractivity contribution < 1.29 is 18.7 Å². The monoisotopic (exact) mass is 440 g/mol. The second-order valence-electron chi connectivity index (χ2n) is 5.72. The Morgan fingerprint density at radius 2 is 1.75 bits per heavy atom. The molecule has 0 spiro atoms. The lowest BCUT2D eigenvalue weighted by Crippen LogP contribution is -2.30. The highest BCUT2D eigenvalue weighted by atomic mass is 79.9. The molecule has 0 aliphatic heterocycles. The lowest BCUT2D eigenvalue weighted by molar-refractivity contribution is -0.113. The zero-order valence-corrected chi connectivity index (χ0v) is 16.5. The number of hydrogen-bond acceptors (Lipinski definition) is 4. The van der Waals surface area contributed by atoms with Crippen LogP contribution in [0.4, 0.5) is 5.69 Å². The smallest absolute Gasteiger partial charge is 0.291 e. The van der Waals surface area contributed by atoms with Crippen LogP contribution in [-0.4, -0.2) is 18.9 Å². The Kier molecular flexibility index (Phi) is 6.29. The first-order valence-electron chi connectivity index (χ1n) is 8.32. The van der Waals surface area contributed by atoms with Crippen LogP contribution in [0.5, 0.6) is 5.75 Å². The fourth-order valence-electron chi connectivity index (χ4n) is 2.35. The summed E-state index contributed by atoms with van der Waals surface area (Å²) in [6.45, 7) is 0. The molecule has 2 amide bonds. The average molecular weight is 441 g/mol. The van der Waals surface area contributed by atoms with E-state index in [9.17, 15) is 9.59 Å². The van der Waals surface area contributed by atoms with Crippen LogP contribution in [0.1, 0.15) is 16.1 Å². The van der Waals surface area contributed by atoms with E-state index < -0.39 is 11.8 Å². The number of halogens is 1. The molecule has 0 fully saturated rings. The fraction of sp³-hybridized carbons (Fsp3) is 0.0476. The number of carbonyl (C=O) groups excluding carboxylic acids is 2. The van der Waals surface area contributed by atoms with Gasteiger partial charge in [-0.1, -0.05) is 28.1 Å². The molecule has 1 heterocycles. The standard InChI is InChI=1S/C21H17BrN2O4/c1-27-17-10-4-14(5-11-17)13-18(24-21(26)19-3-2-12-28-19)20(25)23-16-8-6-15(22)7-9-16/h2-13H,1H3,(H,23,25)(H,24,26). The molecule has 142 valence electrons. The Morgan fingerprint density at radius 3 is 2.36 bits per heavy atom. The zero-order valence-electron chi connectivity index (χ0n) is 14.9. The van der Waals surface area contributed by atoms with Crippen LogP contribution in [0.3, 0.4) is 0 Å². The first-order valence-corrected chi connectivity index (χ1v) is 9.12. The quantitative estimate of drug-likeness (QED) is 0.554. The number of benzene rings is 2. The number of methoxy groups -OCH3 is 1. The molecule has 7 heteroatoms. The molecule has 3 rings (SSSR count). The fourth-order valence-corrected chi connectivity index (χ4v) is 2.61. The van der Waals surface area contributed by atoms with Crippen molar-refractivity contribution in [3.63, 3.8) is 0 Å². The van der Waals surface area contributed by atoms with Crippen LogP contribution < -0.4 is 15.4 Å². The molecule has 2 aromatic carbocycles. The molecular weight excluding hydrogens is 424 g/mol. The summed E-state index contributed by atoms with van der Waals surface area (Å²) < 4.78 is 11.1. The third-order valence-electron chi connectivity index (χ3n) is 3.77. The van der Waals surface area contributed by atoms with E-state index in [-0.39, 0.29) is 11.5 Å². The van der Waals surface area contributed by atoms with E-state index >= 15 is 0 Å². The Balaban J connectivity index is 1.85. The van der Waals surface area contributed by atoms with E-state index in [0.717, 1.165) is 10.0 Å². The van der Waals surface area contributed by atoms with Gasteiger partial charge in [-0.05, 0) is 60.2 Å². The van der Waals surface area contributed by atoms with Gasteiger partial charge in [-0.25, -0.2) is 0 Å².